The van der Waals surface area contributed by atoms with Crippen LogP contribution in [-0.2, 0) is 6.18 Å². The average Bonchev–Trinajstić information content (AvgIpc) is 2.38. The zero-order valence-electron chi connectivity index (χ0n) is 9.89. The molecule has 1 aromatic heterocycles. The molecule has 0 aliphatic rings. The van der Waals surface area contributed by atoms with Gasteiger partial charge >= 0.3 is 12.1 Å². The van der Waals surface area contributed by atoms with Crippen molar-refractivity contribution >= 4 is 5.97 Å². The normalized spacial score (nSPS) is 11.2. The molecule has 0 aliphatic heterocycles. The van der Waals surface area contributed by atoms with Gasteiger partial charge < -0.3 is 9.84 Å². The molecule has 0 amide bonds. The molecule has 0 atom stereocenters. The Morgan fingerprint density at radius 1 is 1.15 bits per heavy atom. The van der Waals surface area contributed by atoms with Crippen molar-refractivity contribution in [1.82, 2.24) is 4.98 Å². The quantitative estimate of drug-likeness (QED) is 0.935. The number of rotatable bonds is 3. The van der Waals surface area contributed by atoms with Crippen molar-refractivity contribution in [2.45, 2.75) is 6.18 Å². The van der Waals surface area contributed by atoms with Crippen LogP contribution in [0.25, 0.3) is 0 Å². The Bertz CT molecular complexity index is 624. The van der Waals surface area contributed by atoms with Crippen molar-refractivity contribution in [3.8, 4) is 11.5 Å². The van der Waals surface area contributed by atoms with Gasteiger partial charge in [-0.05, 0) is 30.3 Å². The van der Waals surface area contributed by atoms with Gasteiger partial charge in [0.25, 0.3) is 0 Å². The lowest BCUT2D eigenvalue weighted by Crippen LogP contribution is -2.04. The van der Waals surface area contributed by atoms with Crippen LogP contribution in [0.5, 0.6) is 11.5 Å². The number of benzene rings is 1. The number of aromatic carboxylic acids is 1. The molecular weight excluding hydrogens is 275 g/mol. The summed E-state index contributed by atoms with van der Waals surface area (Å²) in [5.74, 6) is -1.16. The highest BCUT2D eigenvalue weighted by atomic mass is 19.4. The van der Waals surface area contributed by atoms with Crippen molar-refractivity contribution in [3.05, 3.63) is 53.9 Å². The van der Waals surface area contributed by atoms with Gasteiger partial charge in [0.1, 0.15) is 11.3 Å². The molecule has 4 nitrogen and oxygen atoms in total. The molecule has 1 heterocycles. The van der Waals surface area contributed by atoms with Gasteiger partial charge in [-0.3, -0.25) is 4.98 Å². The fourth-order valence-corrected chi connectivity index (χ4v) is 1.48. The van der Waals surface area contributed by atoms with Crippen LogP contribution in [0.3, 0.4) is 0 Å². The lowest BCUT2D eigenvalue weighted by molar-refractivity contribution is -0.137. The zero-order valence-corrected chi connectivity index (χ0v) is 9.89. The van der Waals surface area contributed by atoms with Gasteiger partial charge in [-0.15, -0.1) is 0 Å². The zero-order chi connectivity index (χ0) is 14.8. The molecule has 1 N–H and O–H groups in total. The fourth-order valence-electron chi connectivity index (χ4n) is 1.48. The molecule has 1 aromatic carbocycles. The van der Waals surface area contributed by atoms with Crippen molar-refractivity contribution < 1.29 is 27.8 Å². The van der Waals surface area contributed by atoms with E-state index in [1.807, 2.05) is 0 Å². The Morgan fingerprint density at radius 3 is 2.35 bits per heavy atom. The van der Waals surface area contributed by atoms with E-state index in [1.54, 1.807) is 0 Å². The maximum Gasteiger partial charge on any atom is 0.416 e. The molecule has 0 saturated carbocycles. The first-order valence-corrected chi connectivity index (χ1v) is 5.40. The smallest absolute Gasteiger partial charge is 0.416 e. The highest BCUT2D eigenvalue weighted by Gasteiger charge is 2.30. The van der Waals surface area contributed by atoms with Crippen LogP contribution in [0.4, 0.5) is 13.2 Å². The Kier molecular flexibility index (Phi) is 3.60. The fraction of sp³-hybridized carbons (Fsp3) is 0.0769. The second-order valence-corrected chi connectivity index (χ2v) is 3.80. The van der Waals surface area contributed by atoms with Crippen LogP contribution in [0, 0.1) is 0 Å². The first kappa shape index (κ1) is 13.9. The van der Waals surface area contributed by atoms with Crippen LogP contribution in [0.1, 0.15) is 15.9 Å². The second kappa shape index (κ2) is 5.20. The predicted octanol–water partition coefficient (Wildman–Crippen LogP) is 3.59. The van der Waals surface area contributed by atoms with Gasteiger partial charge in [-0.2, -0.15) is 13.2 Å². The summed E-state index contributed by atoms with van der Waals surface area (Å²) in [5.41, 5.74) is -0.936. The number of hydrogen-bond acceptors (Lipinski definition) is 3. The molecule has 0 radical (unpaired) electrons. The summed E-state index contributed by atoms with van der Waals surface area (Å²) in [6.45, 7) is 0. The lowest BCUT2D eigenvalue weighted by atomic mass is 10.2. The number of carboxylic acid groups (broad SMARTS) is 1. The number of aromatic nitrogens is 1. The molecule has 104 valence electrons. The van der Waals surface area contributed by atoms with Gasteiger partial charge in [0.15, 0.2) is 5.75 Å². The van der Waals surface area contributed by atoms with E-state index in [1.165, 1.54) is 18.5 Å². The van der Waals surface area contributed by atoms with Gasteiger partial charge in [0.2, 0.25) is 0 Å². The Labute approximate surface area is 111 Å². The van der Waals surface area contributed by atoms with E-state index in [0.717, 1.165) is 24.3 Å². The number of ether oxygens (including phenoxy) is 1. The van der Waals surface area contributed by atoms with E-state index in [4.69, 9.17) is 9.84 Å². The molecule has 0 bridgehead atoms. The van der Waals surface area contributed by atoms with Gasteiger partial charge in [-0.1, -0.05) is 0 Å². The lowest BCUT2D eigenvalue weighted by Gasteiger charge is -2.10. The second-order valence-electron chi connectivity index (χ2n) is 3.80. The Morgan fingerprint density at radius 2 is 1.80 bits per heavy atom. The van der Waals surface area contributed by atoms with Crippen LogP contribution < -0.4 is 4.74 Å². The number of carboxylic acids is 1. The maximum absolute atomic E-state index is 12.4. The van der Waals surface area contributed by atoms with Crippen LogP contribution in [0.15, 0.2) is 42.7 Å². The van der Waals surface area contributed by atoms with Gasteiger partial charge in [-0.25, -0.2) is 4.79 Å². The van der Waals surface area contributed by atoms with Crippen molar-refractivity contribution in [2.75, 3.05) is 0 Å². The number of alkyl halides is 3. The third-order valence-corrected chi connectivity index (χ3v) is 2.42. The van der Waals surface area contributed by atoms with Crippen molar-refractivity contribution in [2.24, 2.45) is 0 Å². The van der Waals surface area contributed by atoms with Crippen molar-refractivity contribution in [1.29, 1.82) is 0 Å². The SMILES string of the molecule is O=C(O)c1ccncc1Oc1ccc(C(F)(F)F)cc1. The summed E-state index contributed by atoms with van der Waals surface area (Å²) in [7, 11) is 0. The first-order chi connectivity index (χ1) is 9.38. The molecule has 2 aromatic rings. The minimum Gasteiger partial charge on any atom is -0.478 e. The summed E-state index contributed by atoms with van der Waals surface area (Å²) >= 11 is 0. The molecule has 2 rings (SSSR count). The third-order valence-electron chi connectivity index (χ3n) is 2.42. The monoisotopic (exact) mass is 283 g/mol. The van der Waals surface area contributed by atoms with Gasteiger partial charge in [0, 0.05) is 6.20 Å². The molecule has 0 saturated heterocycles. The van der Waals surface area contributed by atoms with Crippen LogP contribution in [0.2, 0.25) is 0 Å². The average molecular weight is 283 g/mol. The molecule has 0 aliphatic carbocycles. The van der Waals surface area contributed by atoms with E-state index in [-0.39, 0.29) is 17.1 Å². The number of nitrogens with zero attached hydrogens (tertiary/aromatic N) is 1. The van der Waals surface area contributed by atoms with E-state index in [2.05, 4.69) is 4.98 Å². The standard InChI is InChI=1S/C13H8F3NO3/c14-13(15,16)8-1-3-9(4-2-8)20-11-7-17-6-5-10(11)12(18)19/h1-7H,(H,18,19). The third kappa shape index (κ3) is 3.05. The molecule has 20 heavy (non-hydrogen) atoms. The van der Waals surface area contributed by atoms with E-state index >= 15 is 0 Å². The Hall–Kier alpha value is -2.57. The van der Waals surface area contributed by atoms with Crippen LogP contribution >= 0.6 is 0 Å². The number of halogens is 3. The maximum atomic E-state index is 12.4. The summed E-state index contributed by atoms with van der Waals surface area (Å²) in [6.07, 6.45) is -1.97. The number of carbonyl (C=O) groups is 1. The van der Waals surface area contributed by atoms with Gasteiger partial charge in [0.05, 0.1) is 11.8 Å². The predicted molar refractivity (Wildman–Crippen MR) is 62.7 cm³/mol. The molecule has 7 heteroatoms. The number of pyridine rings is 1. The topological polar surface area (TPSA) is 59.4 Å². The molecule has 0 spiro atoms. The highest BCUT2D eigenvalue weighted by molar-refractivity contribution is 5.90. The summed E-state index contributed by atoms with van der Waals surface area (Å²) in [4.78, 5) is 14.7. The Balaban J connectivity index is 2.25. The highest BCUT2D eigenvalue weighted by Crippen LogP contribution is 2.31. The van der Waals surface area contributed by atoms with Crippen molar-refractivity contribution in [3.63, 3.8) is 0 Å². The summed E-state index contributed by atoms with van der Waals surface area (Å²) < 4.78 is 42.4. The largest absolute Gasteiger partial charge is 0.478 e. The minimum atomic E-state index is -4.43. The first-order valence-electron chi connectivity index (χ1n) is 5.40. The van der Waals surface area contributed by atoms with E-state index in [0.29, 0.717) is 0 Å². The van der Waals surface area contributed by atoms with E-state index < -0.39 is 17.7 Å². The van der Waals surface area contributed by atoms with Crippen LogP contribution in [-0.4, -0.2) is 16.1 Å². The molecular formula is C13H8F3NO3. The molecule has 0 fully saturated rings. The molecule has 0 unspecified atom stereocenters. The number of hydrogen-bond donors (Lipinski definition) is 1. The minimum absolute atomic E-state index is 0.0419. The van der Waals surface area contributed by atoms with E-state index in [9.17, 15) is 18.0 Å². The summed E-state index contributed by atoms with van der Waals surface area (Å²) in [6, 6.07) is 5.17. The summed E-state index contributed by atoms with van der Waals surface area (Å²) in [5, 5.41) is 8.94.